The van der Waals surface area contributed by atoms with E-state index in [1.54, 1.807) is 11.8 Å². The minimum absolute atomic E-state index is 0.131. The Morgan fingerprint density at radius 1 is 0.960 bits per heavy atom. The van der Waals surface area contributed by atoms with Crippen LogP contribution in [0.25, 0.3) is 17.1 Å². The molecule has 0 radical (unpaired) electrons. The van der Waals surface area contributed by atoms with Crippen LogP contribution in [0.5, 0.6) is 0 Å². The van der Waals surface area contributed by atoms with Crippen LogP contribution in [0.3, 0.4) is 0 Å². The fourth-order valence-corrected chi connectivity index (χ4v) is 3.43. The van der Waals surface area contributed by atoms with Crippen molar-refractivity contribution in [2.24, 2.45) is 0 Å². The minimum Gasteiger partial charge on any atom is -0.270 e. The maximum Gasteiger partial charge on any atom is 0.196 e. The number of halogens is 1. The Kier molecular flexibility index (Phi) is 5.21. The monoisotopic (exact) mass is 371 g/mol. The molecule has 0 N–H and O–H groups in total. The second-order valence-electron chi connectivity index (χ2n) is 6.88. The van der Waals surface area contributed by atoms with Crippen LogP contribution in [0.15, 0.2) is 53.7 Å². The molecule has 0 spiro atoms. The van der Waals surface area contributed by atoms with E-state index in [0.29, 0.717) is 0 Å². The van der Waals surface area contributed by atoms with Crippen molar-refractivity contribution in [3.05, 3.63) is 59.1 Å². The summed E-state index contributed by atoms with van der Waals surface area (Å²) in [6.45, 7) is 8.76. The second-order valence-corrected chi connectivity index (χ2v) is 8.55. The molecule has 0 unspecified atom stereocenters. The maximum atomic E-state index is 6.05. The van der Waals surface area contributed by atoms with Gasteiger partial charge in [0.05, 0.1) is 0 Å². The summed E-state index contributed by atoms with van der Waals surface area (Å²) in [5, 5.41) is 10.5. The van der Waals surface area contributed by atoms with Crippen molar-refractivity contribution in [1.29, 1.82) is 0 Å². The van der Waals surface area contributed by atoms with Gasteiger partial charge in [-0.2, -0.15) is 0 Å². The van der Waals surface area contributed by atoms with E-state index < -0.39 is 0 Å². The van der Waals surface area contributed by atoms with Crippen LogP contribution < -0.4 is 0 Å². The van der Waals surface area contributed by atoms with Crippen molar-refractivity contribution in [3.63, 3.8) is 0 Å². The SMILES string of the molecule is CCSc1nnc(-c2ccc(C(C)(C)C)cc2)n1-c1ccc(Cl)cc1. The molecule has 0 saturated heterocycles. The summed E-state index contributed by atoms with van der Waals surface area (Å²) in [5.74, 6) is 1.79. The first kappa shape index (κ1) is 18.0. The summed E-state index contributed by atoms with van der Waals surface area (Å²) in [7, 11) is 0. The van der Waals surface area contributed by atoms with Crippen LogP contribution in [0, 0.1) is 0 Å². The Hall–Kier alpha value is -1.78. The van der Waals surface area contributed by atoms with E-state index in [0.717, 1.165) is 33.0 Å². The van der Waals surface area contributed by atoms with E-state index in [1.807, 2.05) is 24.3 Å². The smallest absolute Gasteiger partial charge is 0.196 e. The number of aromatic nitrogens is 3. The number of hydrogen-bond donors (Lipinski definition) is 0. The summed E-state index contributed by atoms with van der Waals surface area (Å²) in [6.07, 6.45) is 0. The lowest BCUT2D eigenvalue weighted by Gasteiger charge is -2.19. The molecule has 1 heterocycles. The number of benzene rings is 2. The standard InChI is InChI=1S/C20H22ClN3S/c1-5-25-19-23-22-18(24(19)17-12-10-16(21)11-13-17)14-6-8-15(9-7-14)20(2,3)4/h6-13H,5H2,1-4H3. The molecule has 5 heteroatoms. The van der Waals surface area contributed by atoms with Crippen LogP contribution >= 0.6 is 23.4 Å². The zero-order chi connectivity index (χ0) is 18.0. The molecule has 3 aromatic rings. The molecule has 0 fully saturated rings. The van der Waals surface area contributed by atoms with E-state index in [1.165, 1.54) is 5.56 Å². The highest BCUT2D eigenvalue weighted by molar-refractivity contribution is 7.99. The third-order valence-electron chi connectivity index (χ3n) is 4.00. The van der Waals surface area contributed by atoms with E-state index in [9.17, 15) is 0 Å². The van der Waals surface area contributed by atoms with Gasteiger partial charge in [-0.15, -0.1) is 10.2 Å². The average molecular weight is 372 g/mol. The van der Waals surface area contributed by atoms with E-state index in [2.05, 4.69) is 66.7 Å². The van der Waals surface area contributed by atoms with Crippen molar-refractivity contribution in [2.45, 2.75) is 38.3 Å². The Balaban J connectivity index is 2.09. The van der Waals surface area contributed by atoms with Crippen molar-refractivity contribution < 1.29 is 0 Å². The van der Waals surface area contributed by atoms with Gasteiger partial charge in [-0.3, -0.25) is 4.57 Å². The largest absolute Gasteiger partial charge is 0.270 e. The molecule has 0 aliphatic carbocycles. The predicted octanol–water partition coefficient (Wildman–Crippen LogP) is 6.00. The minimum atomic E-state index is 0.131. The molecule has 3 nitrogen and oxygen atoms in total. The number of hydrogen-bond acceptors (Lipinski definition) is 3. The van der Waals surface area contributed by atoms with Gasteiger partial charge in [0.2, 0.25) is 0 Å². The summed E-state index contributed by atoms with van der Waals surface area (Å²) in [4.78, 5) is 0. The molecule has 0 aliphatic heterocycles. The van der Waals surface area contributed by atoms with Crippen molar-refractivity contribution in [3.8, 4) is 17.1 Å². The van der Waals surface area contributed by atoms with Gasteiger partial charge in [0.25, 0.3) is 0 Å². The fourth-order valence-electron chi connectivity index (χ4n) is 2.62. The summed E-state index contributed by atoms with van der Waals surface area (Å²) in [5.41, 5.74) is 3.50. The number of rotatable bonds is 4. The van der Waals surface area contributed by atoms with Crippen LogP contribution in [0.4, 0.5) is 0 Å². The van der Waals surface area contributed by atoms with Crippen LogP contribution in [-0.2, 0) is 5.41 Å². The lowest BCUT2D eigenvalue weighted by molar-refractivity contribution is 0.590. The quantitative estimate of drug-likeness (QED) is 0.527. The second kappa shape index (κ2) is 7.22. The Morgan fingerprint density at radius 2 is 1.60 bits per heavy atom. The highest BCUT2D eigenvalue weighted by Gasteiger charge is 2.17. The molecular formula is C20H22ClN3S. The van der Waals surface area contributed by atoms with E-state index in [-0.39, 0.29) is 5.41 Å². The molecule has 130 valence electrons. The van der Waals surface area contributed by atoms with Gasteiger partial charge in [0.1, 0.15) is 0 Å². The zero-order valence-electron chi connectivity index (χ0n) is 15.0. The third-order valence-corrected chi connectivity index (χ3v) is 5.06. The van der Waals surface area contributed by atoms with Crippen molar-refractivity contribution in [1.82, 2.24) is 14.8 Å². The lowest BCUT2D eigenvalue weighted by Crippen LogP contribution is -2.10. The highest BCUT2D eigenvalue weighted by atomic mass is 35.5. The first-order valence-corrected chi connectivity index (χ1v) is 9.71. The van der Waals surface area contributed by atoms with E-state index in [4.69, 9.17) is 11.6 Å². The predicted molar refractivity (Wildman–Crippen MR) is 107 cm³/mol. The summed E-state index contributed by atoms with van der Waals surface area (Å²) in [6, 6.07) is 16.4. The highest BCUT2D eigenvalue weighted by Crippen LogP contribution is 2.30. The molecule has 0 amide bonds. The van der Waals surface area contributed by atoms with Crippen LogP contribution in [-0.4, -0.2) is 20.5 Å². The first-order chi connectivity index (χ1) is 11.9. The molecule has 1 aromatic heterocycles. The summed E-state index contributed by atoms with van der Waals surface area (Å²) < 4.78 is 2.09. The number of thioether (sulfide) groups is 1. The van der Waals surface area contributed by atoms with Crippen LogP contribution in [0.2, 0.25) is 5.02 Å². The molecule has 0 atom stereocenters. The van der Waals surface area contributed by atoms with Gasteiger partial charge in [-0.25, -0.2) is 0 Å². The maximum absolute atomic E-state index is 6.05. The zero-order valence-corrected chi connectivity index (χ0v) is 16.5. The van der Waals surface area contributed by atoms with Gasteiger partial charge >= 0.3 is 0 Å². The topological polar surface area (TPSA) is 30.7 Å². The summed E-state index contributed by atoms with van der Waals surface area (Å²) >= 11 is 7.73. The van der Waals surface area contributed by atoms with Gasteiger partial charge in [-0.1, -0.05) is 75.3 Å². The van der Waals surface area contributed by atoms with Gasteiger partial charge in [0, 0.05) is 16.3 Å². The molecule has 0 saturated carbocycles. The molecule has 3 rings (SSSR count). The Labute approximate surface area is 158 Å². The molecule has 25 heavy (non-hydrogen) atoms. The van der Waals surface area contributed by atoms with Crippen LogP contribution in [0.1, 0.15) is 33.3 Å². The third kappa shape index (κ3) is 3.91. The van der Waals surface area contributed by atoms with E-state index >= 15 is 0 Å². The molecule has 2 aromatic carbocycles. The molecular weight excluding hydrogens is 350 g/mol. The van der Waals surface area contributed by atoms with Gasteiger partial charge < -0.3 is 0 Å². The van der Waals surface area contributed by atoms with Crippen molar-refractivity contribution in [2.75, 3.05) is 5.75 Å². The van der Waals surface area contributed by atoms with Gasteiger partial charge in [-0.05, 0) is 41.0 Å². The average Bonchev–Trinajstić information content (AvgIpc) is 2.99. The molecule has 0 aliphatic rings. The van der Waals surface area contributed by atoms with Crippen molar-refractivity contribution >= 4 is 23.4 Å². The first-order valence-electron chi connectivity index (χ1n) is 8.35. The number of nitrogens with zero attached hydrogens (tertiary/aromatic N) is 3. The fraction of sp³-hybridized carbons (Fsp3) is 0.300. The van der Waals surface area contributed by atoms with Gasteiger partial charge in [0.15, 0.2) is 11.0 Å². The lowest BCUT2D eigenvalue weighted by atomic mass is 9.87. The molecule has 0 bridgehead atoms. The Morgan fingerprint density at radius 3 is 2.16 bits per heavy atom. The normalized spacial score (nSPS) is 11.7. The Bertz CT molecular complexity index is 846.